The lowest BCUT2D eigenvalue weighted by atomic mass is 10.1. The Morgan fingerprint density at radius 3 is 2.55 bits per heavy atom. The monoisotopic (exact) mass is 525 g/mol. The Labute approximate surface area is 204 Å². The zero-order valence-electron chi connectivity index (χ0n) is 17.7. The molecule has 0 bridgehead atoms. The van der Waals surface area contributed by atoms with Crippen LogP contribution in [0.2, 0.25) is 0 Å². The molecule has 168 valence electrons. The van der Waals surface area contributed by atoms with Crippen molar-refractivity contribution in [2.75, 3.05) is 6.54 Å². The van der Waals surface area contributed by atoms with Crippen molar-refractivity contribution in [2.24, 2.45) is 0 Å². The minimum Gasteiger partial charge on any atom is -0.488 e. The number of thioether (sulfide) groups is 1. The van der Waals surface area contributed by atoms with Crippen LogP contribution in [-0.4, -0.2) is 22.6 Å². The Morgan fingerprint density at radius 2 is 1.76 bits per heavy atom. The van der Waals surface area contributed by atoms with E-state index in [-0.39, 0.29) is 23.6 Å². The minimum atomic E-state index is -0.340. The molecule has 0 spiro atoms. The van der Waals surface area contributed by atoms with E-state index in [1.54, 1.807) is 36.4 Å². The number of rotatable bonds is 8. The zero-order valence-corrected chi connectivity index (χ0v) is 20.1. The molecule has 1 fully saturated rings. The molecular formula is C26H21BrFNO3S. The molecule has 0 saturated carbocycles. The van der Waals surface area contributed by atoms with Gasteiger partial charge in [-0.2, -0.15) is 0 Å². The minimum absolute atomic E-state index is 0.0517. The van der Waals surface area contributed by atoms with E-state index < -0.39 is 0 Å². The van der Waals surface area contributed by atoms with Gasteiger partial charge in [0.05, 0.1) is 4.91 Å². The summed E-state index contributed by atoms with van der Waals surface area (Å²) >= 11 is 4.36. The maximum absolute atomic E-state index is 13.9. The number of hydrogen-bond donors (Lipinski definition) is 0. The molecule has 0 aliphatic carbocycles. The van der Waals surface area contributed by atoms with Gasteiger partial charge in [0.1, 0.15) is 18.2 Å². The molecule has 1 aliphatic heterocycles. The van der Waals surface area contributed by atoms with Crippen molar-refractivity contribution >= 4 is 44.9 Å². The Balaban J connectivity index is 1.46. The van der Waals surface area contributed by atoms with Gasteiger partial charge in [-0.3, -0.25) is 14.5 Å². The van der Waals surface area contributed by atoms with Crippen molar-refractivity contribution in [3.8, 4) is 5.75 Å². The normalized spacial score (nSPS) is 14.8. The molecule has 0 unspecified atom stereocenters. The average Bonchev–Trinajstić information content (AvgIpc) is 3.07. The number of benzene rings is 3. The van der Waals surface area contributed by atoms with E-state index >= 15 is 0 Å². The molecule has 1 heterocycles. The second kappa shape index (κ2) is 10.8. The highest BCUT2D eigenvalue weighted by Gasteiger charge is 2.34. The number of hydrogen-bond acceptors (Lipinski definition) is 4. The number of ether oxygens (including phenoxy) is 1. The first kappa shape index (κ1) is 23.3. The number of nitrogens with zero attached hydrogens (tertiary/aromatic N) is 1. The summed E-state index contributed by atoms with van der Waals surface area (Å²) in [6.45, 7) is 0.419. The SMILES string of the molecule is O=C1S/C(=C/c2cc(Br)ccc2OCc2ccccc2F)C(=O)N1CCCc1ccccc1. The zero-order chi connectivity index (χ0) is 23.2. The van der Waals surface area contributed by atoms with Crippen LogP contribution in [0.25, 0.3) is 6.08 Å². The van der Waals surface area contributed by atoms with Crippen molar-refractivity contribution in [3.63, 3.8) is 0 Å². The van der Waals surface area contributed by atoms with Crippen LogP contribution >= 0.6 is 27.7 Å². The van der Waals surface area contributed by atoms with Crippen LogP contribution in [0.1, 0.15) is 23.1 Å². The third kappa shape index (κ3) is 5.92. The lowest BCUT2D eigenvalue weighted by Gasteiger charge is -2.12. The summed E-state index contributed by atoms with van der Waals surface area (Å²) in [6.07, 6.45) is 3.15. The lowest BCUT2D eigenvalue weighted by Crippen LogP contribution is -2.29. The van der Waals surface area contributed by atoms with Crippen LogP contribution in [0.15, 0.2) is 82.2 Å². The topological polar surface area (TPSA) is 46.6 Å². The van der Waals surface area contributed by atoms with Gasteiger partial charge in [0.2, 0.25) is 0 Å². The highest BCUT2D eigenvalue weighted by Crippen LogP contribution is 2.35. The van der Waals surface area contributed by atoms with Gasteiger partial charge < -0.3 is 4.74 Å². The third-order valence-electron chi connectivity index (χ3n) is 5.16. The van der Waals surface area contributed by atoms with Crippen molar-refractivity contribution in [3.05, 3.63) is 105 Å². The van der Waals surface area contributed by atoms with Gasteiger partial charge in [-0.05, 0) is 60.5 Å². The van der Waals surface area contributed by atoms with Gasteiger partial charge in [-0.15, -0.1) is 0 Å². The van der Waals surface area contributed by atoms with Crippen LogP contribution in [-0.2, 0) is 17.8 Å². The molecule has 7 heteroatoms. The Hall–Kier alpha value is -2.90. The van der Waals surface area contributed by atoms with Gasteiger partial charge in [-0.1, -0.05) is 64.5 Å². The summed E-state index contributed by atoms with van der Waals surface area (Å²) in [5, 5.41) is -0.275. The maximum Gasteiger partial charge on any atom is 0.293 e. The van der Waals surface area contributed by atoms with Gasteiger partial charge in [0, 0.05) is 22.1 Å². The molecule has 2 amide bonds. The fourth-order valence-corrected chi connectivity index (χ4v) is 4.69. The first-order valence-corrected chi connectivity index (χ1v) is 12.1. The van der Waals surface area contributed by atoms with E-state index in [2.05, 4.69) is 15.9 Å². The third-order valence-corrected chi connectivity index (χ3v) is 6.56. The van der Waals surface area contributed by atoms with E-state index in [4.69, 9.17) is 4.74 Å². The summed E-state index contributed by atoms with van der Waals surface area (Å²) in [4.78, 5) is 27.0. The van der Waals surface area contributed by atoms with Crippen LogP contribution in [0.3, 0.4) is 0 Å². The first-order valence-electron chi connectivity index (χ1n) is 10.5. The van der Waals surface area contributed by atoms with E-state index in [0.29, 0.717) is 34.7 Å². The van der Waals surface area contributed by atoms with Gasteiger partial charge >= 0.3 is 0 Å². The quantitative estimate of drug-likeness (QED) is 0.302. The van der Waals surface area contributed by atoms with Crippen LogP contribution < -0.4 is 4.74 Å². The van der Waals surface area contributed by atoms with E-state index in [1.165, 1.54) is 16.5 Å². The molecular weight excluding hydrogens is 505 g/mol. The van der Waals surface area contributed by atoms with Gasteiger partial charge in [0.25, 0.3) is 11.1 Å². The molecule has 33 heavy (non-hydrogen) atoms. The standard InChI is InChI=1S/C26H21BrFNO3S/c27-21-12-13-23(32-17-19-10-4-5-11-22(19)28)20(15-21)16-24-25(30)29(26(31)33-24)14-6-9-18-7-2-1-3-8-18/h1-5,7-8,10-13,15-16H,6,9,14,17H2/b24-16+. The molecule has 4 rings (SSSR count). The molecule has 0 N–H and O–H groups in total. The number of amides is 2. The predicted molar refractivity (Wildman–Crippen MR) is 132 cm³/mol. The second-order valence-corrected chi connectivity index (χ2v) is 9.39. The van der Waals surface area contributed by atoms with Crippen molar-refractivity contribution in [1.29, 1.82) is 0 Å². The molecule has 0 aromatic heterocycles. The lowest BCUT2D eigenvalue weighted by molar-refractivity contribution is -0.122. The summed E-state index contributed by atoms with van der Waals surface area (Å²) in [6, 6.07) is 21.8. The molecule has 3 aromatic carbocycles. The molecule has 0 radical (unpaired) electrons. The largest absolute Gasteiger partial charge is 0.488 e. The van der Waals surface area contributed by atoms with Gasteiger partial charge in [0.15, 0.2) is 0 Å². The molecule has 4 nitrogen and oxygen atoms in total. The Kier molecular flexibility index (Phi) is 7.62. The first-order chi connectivity index (χ1) is 16.0. The number of carbonyl (C=O) groups excluding carboxylic acids is 2. The summed E-state index contributed by atoms with van der Waals surface area (Å²) in [5.74, 6) is -0.150. The Morgan fingerprint density at radius 1 is 1.00 bits per heavy atom. The number of imide groups is 1. The molecule has 1 aliphatic rings. The van der Waals surface area contributed by atoms with Crippen LogP contribution in [0.4, 0.5) is 9.18 Å². The fraction of sp³-hybridized carbons (Fsp3) is 0.154. The number of halogens is 2. The smallest absolute Gasteiger partial charge is 0.293 e. The summed E-state index contributed by atoms with van der Waals surface area (Å²) in [5.41, 5.74) is 2.24. The fourth-order valence-electron chi connectivity index (χ4n) is 3.45. The van der Waals surface area contributed by atoms with Crippen LogP contribution in [0.5, 0.6) is 5.75 Å². The number of carbonyl (C=O) groups is 2. The van der Waals surface area contributed by atoms with E-state index in [1.807, 2.05) is 36.4 Å². The van der Waals surface area contributed by atoms with E-state index in [9.17, 15) is 14.0 Å². The molecule has 3 aromatic rings. The Bertz CT molecular complexity index is 1200. The van der Waals surface area contributed by atoms with Gasteiger partial charge in [-0.25, -0.2) is 4.39 Å². The average molecular weight is 526 g/mol. The second-order valence-electron chi connectivity index (χ2n) is 7.48. The predicted octanol–water partition coefficient (Wildman–Crippen LogP) is 6.84. The van der Waals surface area contributed by atoms with Crippen molar-refractivity contribution < 1.29 is 18.7 Å². The molecule has 1 saturated heterocycles. The van der Waals surface area contributed by atoms with Crippen LogP contribution in [0, 0.1) is 5.82 Å². The highest BCUT2D eigenvalue weighted by molar-refractivity contribution is 9.10. The van der Waals surface area contributed by atoms with E-state index in [0.717, 1.165) is 22.7 Å². The maximum atomic E-state index is 13.9. The van der Waals surface area contributed by atoms with Crippen molar-refractivity contribution in [2.45, 2.75) is 19.4 Å². The van der Waals surface area contributed by atoms with Crippen molar-refractivity contribution in [1.82, 2.24) is 4.90 Å². The molecule has 0 atom stereocenters. The highest BCUT2D eigenvalue weighted by atomic mass is 79.9. The summed E-state index contributed by atoms with van der Waals surface area (Å²) < 4.78 is 20.6. The summed E-state index contributed by atoms with van der Waals surface area (Å²) in [7, 11) is 0. The number of aryl methyl sites for hydroxylation is 1.